The van der Waals surface area contributed by atoms with E-state index >= 15 is 0 Å². The molecule has 0 N–H and O–H groups in total. The first-order valence-corrected chi connectivity index (χ1v) is 33.0. The maximum Gasteiger partial charge on any atom is 0.306 e. The lowest BCUT2D eigenvalue weighted by Gasteiger charge is -2.18. The number of allylic oxidation sites excluding steroid dienone is 6. The van der Waals surface area contributed by atoms with Crippen LogP contribution in [0.1, 0.15) is 361 Å². The molecular formula is C68H126O6. The van der Waals surface area contributed by atoms with Crippen molar-refractivity contribution in [2.75, 3.05) is 13.2 Å². The highest BCUT2D eigenvalue weighted by molar-refractivity contribution is 5.71. The van der Waals surface area contributed by atoms with Crippen molar-refractivity contribution in [2.45, 2.75) is 367 Å². The molecule has 0 aromatic carbocycles. The van der Waals surface area contributed by atoms with Gasteiger partial charge < -0.3 is 14.2 Å². The molecule has 0 aromatic rings. The summed E-state index contributed by atoms with van der Waals surface area (Å²) in [5, 5.41) is 0. The highest BCUT2D eigenvalue weighted by Crippen LogP contribution is 2.17. The van der Waals surface area contributed by atoms with E-state index in [0.717, 1.165) is 70.6 Å². The fourth-order valence-corrected chi connectivity index (χ4v) is 9.88. The summed E-state index contributed by atoms with van der Waals surface area (Å²) in [6.45, 7) is 6.68. The first kappa shape index (κ1) is 71.6. The van der Waals surface area contributed by atoms with E-state index in [9.17, 15) is 14.4 Å². The van der Waals surface area contributed by atoms with E-state index in [0.29, 0.717) is 19.3 Å². The summed E-state index contributed by atoms with van der Waals surface area (Å²) in [7, 11) is 0. The number of carbonyl (C=O) groups excluding carboxylic acids is 3. The van der Waals surface area contributed by atoms with Crippen LogP contribution in [-0.4, -0.2) is 37.2 Å². The third kappa shape index (κ3) is 60.5. The summed E-state index contributed by atoms with van der Waals surface area (Å²) < 4.78 is 17.0. The summed E-state index contributed by atoms with van der Waals surface area (Å²) in [4.78, 5) is 38.4. The number of unbranched alkanes of at least 4 members (excludes halogenated alkanes) is 44. The molecule has 0 saturated heterocycles. The van der Waals surface area contributed by atoms with Gasteiger partial charge in [0.2, 0.25) is 0 Å². The summed E-state index contributed by atoms with van der Waals surface area (Å²) in [6, 6.07) is 0. The molecule has 0 aliphatic heterocycles. The normalized spacial score (nSPS) is 12.2. The quantitative estimate of drug-likeness (QED) is 0.0261. The molecule has 1 unspecified atom stereocenters. The fraction of sp³-hybridized carbons (Fsp3) is 0.868. The van der Waals surface area contributed by atoms with Crippen LogP contribution in [0.15, 0.2) is 36.5 Å². The third-order valence-electron chi connectivity index (χ3n) is 14.9. The van der Waals surface area contributed by atoms with Gasteiger partial charge in [0.15, 0.2) is 6.10 Å². The Morgan fingerprint density at radius 1 is 0.270 bits per heavy atom. The first-order chi connectivity index (χ1) is 36.5. The molecule has 0 aliphatic rings. The Morgan fingerprint density at radius 3 is 0.770 bits per heavy atom. The van der Waals surface area contributed by atoms with Crippen LogP contribution in [0.2, 0.25) is 0 Å². The molecule has 434 valence electrons. The maximum absolute atomic E-state index is 12.9. The average Bonchev–Trinajstić information content (AvgIpc) is 3.40. The lowest BCUT2D eigenvalue weighted by molar-refractivity contribution is -0.167. The van der Waals surface area contributed by atoms with Crippen molar-refractivity contribution in [2.24, 2.45) is 0 Å². The highest BCUT2D eigenvalue weighted by atomic mass is 16.6. The lowest BCUT2D eigenvalue weighted by atomic mass is 10.0. The molecule has 0 saturated carbocycles. The van der Waals surface area contributed by atoms with E-state index < -0.39 is 6.10 Å². The van der Waals surface area contributed by atoms with Gasteiger partial charge in [0, 0.05) is 19.3 Å². The van der Waals surface area contributed by atoms with Crippen molar-refractivity contribution in [1.29, 1.82) is 0 Å². The van der Waals surface area contributed by atoms with Gasteiger partial charge in [0.1, 0.15) is 13.2 Å². The molecule has 0 rings (SSSR count). The monoisotopic (exact) mass is 1040 g/mol. The molecule has 0 radical (unpaired) electrons. The Labute approximate surface area is 461 Å². The molecular weight excluding hydrogens is 913 g/mol. The first-order valence-electron chi connectivity index (χ1n) is 33.0. The van der Waals surface area contributed by atoms with Crippen LogP contribution >= 0.6 is 0 Å². The Kier molecular flexibility index (Phi) is 61.1. The van der Waals surface area contributed by atoms with Crippen molar-refractivity contribution < 1.29 is 28.6 Å². The van der Waals surface area contributed by atoms with Gasteiger partial charge >= 0.3 is 17.9 Å². The largest absolute Gasteiger partial charge is 0.462 e. The van der Waals surface area contributed by atoms with Gasteiger partial charge in [-0.15, -0.1) is 0 Å². The molecule has 6 heteroatoms. The van der Waals surface area contributed by atoms with Crippen molar-refractivity contribution in [3.05, 3.63) is 36.5 Å². The zero-order valence-corrected chi connectivity index (χ0v) is 49.9. The van der Waals surface area contributed by atoms with Crippen molar-refractivity contribution >= 4 is 17.9 Å². The fourth-order valence-electron chi connectivity index (χ4n) is 9.88. The molecule has 0 spiro atoms. The van der Waals surface area contributed by atoms with Crippen LogP contribution in [0.25, 0.3) is 0 Å². The zero-order valence-electron chi connectivity index (χ0n) is 49.9. The molecule has 74 heavy (non-hydrogen) atoms. The number of carbonyl (C=O) groups is 3. The van der Waals surface area contributed by atoms with Gasteiger partial charge in [-0.1, -0.05) is 301 Å². The van der Waals surface area contributed by atoms with Crippen LogP contribution in [0.4, 0.5) is 0 Å². The summed E-state index contributed by atoms with van der Waals surface area (Å²) in [5.74, 6) is -0.856. The Hall–Kier alpha value is -2.37. The van der Waals surface area contributed by atoms with Gasteiger partial charge in [0.25, 0.3) is 0 Å². The predicted octanol–water partition coefficient (Wildman–Crippen LogP) is 22.4. The van der Waals surface area contributed by atoms with E-state index in [1.807, 2.05) is 0 Å². The second kappa shape index (κ2) is 63.2. The molecule has 1 atom stereocenters. The summed E-state index contributed by atoms with van der Waals surface area (Å²) in [6.07, 6.45) is 77.2. The van der Waals surface area contributed by atoms with Crippen molar-refractivity contribution in [3.63, 3.8) is 0 Å². The molecule has 0 heterocycles. The number of rotatable bonds is 61. The van der Waals surface area contributed by atoms with Crippen molar-refractivity contribution in [1.82, 2.24) is 0 Å². The van der Waals surface area contributed by atoms with Gasteiger partial charge in [-0.3, -0.25) is 14.4 Å². The Balaban J connectivity index is 4.33. The molecule has 0 aromatic heterocycles. The second-order valence-electron chi connectivity index (χ2n) is 22.4. The molecule has 0 aliphatic carbocycles. The van der Waals surface area contributed by atoms with E-state index in [4.69, 9.17) is 14.2 Å². The van der Waals surface area contributed by atoms with Crippen molar-refractivity contribution in [3.8, 4) is 0 Å². The Morgan fingerprint density at radius 2 is 0.486 bits per heavy atom. The average molecular weight is 1040 g/mol. The minimum Gasteiger partial charge on any atom is -0.462 e. The standard InChI is InChI=1S/C68H126O6/c1-4-7-10-13-16-19-22-25-28-31-33-34-35-38-40-43-46-49-52-55-58-61-67(70)73-64-65(63-72-66(69)60-57-54-51-48-45-42-39-36-30-27-24-21-18-15-12-9-6-3)74-68(71)62-59-56-53-50-47-44-41-37-32-29-26-23-20-17-14-11-8-5-2/h20,23,29,31-33,65H,4-19,21-22,24-28,30,34-64H2,1-3H3/b23-20-,32-29-,33-31-. The third-order valence-corrected chi connectivity index (χ3v) is 14.9. The number of hydrogen-bond donors (Lipinski definition) is 0. The van der Waals surface area contributed by atoms with E-state index in [2.05, 4.69) is 57.2 Å². The minimum atomic E-state index is -0.776. The van der Waals surface area contributed by atoms with Crippen LogP contribution < -0.4 is 0 Å². The lowest BCUT2D eigenvalue weighted by Crippen LogP contribution is -2.30. The second-order valence-corrected chi connectivity index (χ2v) is 22.4. The maximum atomic E-state index is 12.9. The van der Waals surface area contributed by atoms with E-state index in [-0.39, 0.29) is 31.1 Å². The van der Waals surface area contributed by atoms with Crippen LogP contribution in [-0.2, 0) is 28.6 Å². The van der Waals surface area contributed by atoms with E-state index in [1.165, 1.54) is 250 Å². The topological polar surface area (TPSA) is 78.9 Å². The number of ether oxygens (including phenoxy) is 3. The SMILES string of the molecule is CCCCCC/C=C\C/C=C\CCCCCCCCCC(=O)OC(COC(=O)CCCCCCCCCCC/C=C\CCCCCCCCCC)COC(=O)CCCCCCCCCCCCCCCCCCC. The highest BCUT2D eigenvalue weighted by Gasteiger charge is 2.19. The van der Waals surface area contributed by atoms with E-state index in [1.54, 1.807) is 0 Å². The predicted molar refractivity (Wildman–Crippen MR) is 321 cm³/mol. The molecule has 0 amide bonds. The number of hydrogen-bond acceptors (Lipinski definition) is 6. The van der Waals surface area contributed by atoms with Gasteiger partial charge in [-0.2, -0.15) is 0 Å². The number of esters is 3. The zero-order chi connectivity index (χ0) is 53.6. The summed E-state index contributed by atoms with van der Waals surface area (Å²) >= 11 is 0. The molecule has 0 bridgehead atoms. The minimum absolute atomic E-state index is 0.0715. The van der Waals surface area contributed by atoms with Crippen LogP contribution in [0, 0.1) is 0 Å². The molecule has 6 nitrogen and oxygen atoms in total. The summed E-state index contributed by atoms with van der Waals surface area (Å²) in [5.41, 5.74) is 0. The van der Waals surface area contributed by atoms with Gasteiger partial charge in [-0.25, -0.2) is 0 Å². The van der Waals surface area contributed by atoms with Gasteiger partial charge in [0.05, 0.1) is 0 Å². The van der Waals surface area contributed by atoms with Crippen LogP contribution in [0.3, 0.4) is 0 Å². The van der Waals surface area contributed by atoms with Crippen LogP contribution in [0.5, 0.6) is 0 Å². The molecule has 0 fully saturated rings. The van der Waals surface area contributed by atoms with Gasteiger partial charge in [-0.05, 0) is 77.0 Å². The Bertz CT molecular complexity index is 1240. The smallest absolute Gasteiger partial charge is 0.306 e.